The Hall–Kier alpha value is -0.410. The Morgan fingerprint density at radius 1 is 1.31 bits per heavy atom. The topological polar surface area (TPSA) is 52.6 Å². The number of rotatable bonds is 7. The molecular weight excluding hydrogens is 457 g/mol. The highest BCUT2D eigenvalue weighted by Gasteiger charge is 2.21. The molecule has 1 aliphatic heterocycles. The maximum atomic E-state index is 4.77. The van der Waals surface area contributed by atoms with E-state index in [0.717, 1.165) is 31.9 Å². The van der Waals surface area contributed by atoms with Crippen molar-refractivity contribution in [2.75, 3.05) is 26.2 Å². The van der Waals surface area contributed by atoms with Crippen LogP contribution in [0.4, 0.5) is 0 Å². The Morgan fingerprint density at radius 2 is 2.00 bits per heavy atom. The van der Waals surface area contributed by atoms with E-state index in [0.29, 0.717) is 12.1 Å². The van der Waals surface area contributed by atoms with Crippen LogP contribution in [-0.2, 0) is 12.8 Å². The quantitative estimate of drug-likeness (QED) is 0.346. The molecule has 7 heteroatoms. The van der Waals surface area contributed by atoms with E-state index in [-0.39, 0.29) is 24.0 Å². The molecule has 2 N–H and O–H groups in total. The summed E-state index contributed by atoms with van der Waals surface area (Å²) in [5.74, 6) is 0.953. The number of hydrogen-bond acceptors (Lipinski definition) is 4. The standard InChI is InChI=1S/C19H35N5S.HI/c1-6-17-15(5)25-18(23-17)8-11-21-19(20-7-2)22-16-9-12-24(13-10-16)14(3)4;/h14,16H,6-13H2,1-5H3,(H2,20,21,22);1H. The molecule has 5 nitrogen and oxygen atoms in total. The number of aliphatic imine (C=N–C) groups is 1. The highest BCUT2D eigenvalue weighted by Crippen LogP contribution is 2.18. The van der Waals surface area contributed by atoms with Crippen LogP contribution in [0.1, 0.15) is 56.1 Å². The van der Waals surface area contributed by atoms with E-state index in [1.807, 2.05) is 11.3 Å². The third kappa shape index (κ3) is 7.31. The van der Waals surface area contributed by atoms with Crippen molar-refractivity contribution in [1.82, 2.24) is 20.5 Å². The summed E-state index contributed by atoms with van der Waals surface area (Å²) < 4.78 is 0. The van der Waals surface area contributed by atoms with Gasteiger partial charge in [0.1, 0.15) is 0 Å². The molecule has 0 bridgehead atoms. The van der Waals surface area contributed by atoms with Crippen LogP contribution in [0.25, 0.3) is 0 Å². The summed E-state index contributed by atoms with van der Waals surface area (Å²) >= 11 is 1.82. The Labute approximate surface area is 180 Å². The highest BCUT2D eigenvalue weighted by molar-refractivity contribution is 14.0. The van der Waals surface area contributed by atoms with E-state index in [1.165, 1.54) is 41.5 Å². The average Bonchev–Trinajstić information content (AvgIpc) is 2.95. The number of guanidine groups is 1. The van der Waals surface area contributed by atoms with Gasteiger partial charge >= 0.3 is 0 Å². The molecule has 150 valence electrons. The van der Waals surface area contributed by atoms with Gasteiger partial charge in [-0.25, -0.2) is 4.98 Å². The molecule has 0 amide bonds. The molecule has 1 aromatic heterocycles. The normalized spacial score (nSPS) is 16.6. The van der Waals surface area contributed by atoms with Gasteiger partial charge in [0.2, 0.25) is 0 Å². The van der Waals surface area contributed by atoms with Crippen LogP contribution in [0.15, 0.2) is 4.99 Å². The molecule has 2 heterocycles. The molecule has 1 fully saturated rings. The summed E-state index contributed by atoms with van der Waals surface area (Å²) in [4.78, 5) is 13.4. The van der Waals surface area contributed by atoms with Crippen molar-refractivity contribution in [2.24, 2.45) is 4.99 Å². The molecule has 0 saturated carbocycles. The first kappa shape index (κ1) is 23.6. The summed E-state index contributed by atoms with van der Waals surface area (Å²) in [7, 11) is 0. The van der Waals surface area contributed by atoms with Crippen LogP contribution in [0, 0.1) is 6.92 Å². The molecule has 26 heavy (non-hydrogen) atoms. The third-order valence-corrected chi connectivity index (χ3v) is 5.89. The Balaban J connectivity index is 0.00000338. The molecule has 1 aliphatic rings. The monoisotopic (exact) mass is 493 g/mol. The van der Waals surface area contributed by atoms with E-state index in [9.17, 15) is 0 Å². The second-order valence-electron chi connectivity index (χ2n) is 7.02. The van der Waals surface area contributed by atoms with Gasteiger partial charge in [-0.05, 0) is 47.0 Å². The number of nitrogens with one attached hydrogen (secondary N) is 2. The predicted molar refractivity (Wildman–Crippen MR) is 124 cm³/mol. The van der Waals surface area contributed by atoms with Gasteiger partial charge in [-0.15, -0.1) is 35.3 Å². The minimum atomic E-state index is 0. The van der Waals surface area contributed by atoms with Gasteiger partial charge in [-0.3, -0.25) is 4.99 Å². The van der Waals surface area contributed by atoms with Gasteiger partial charge in [0.15, 0.2) is 5.96 Å². The van der Waals surface area contributed by atoms with E-state index in [4.69, 9.17) is 9.98 Å². The van der Waals surface area contributed by atoms with Crippen LogP contribution in [0.5, 0.6) is 0 Å². The van der Waals surface area contributed by atoms with Crippen molar-refractivity contribution >= 4 is 41.3 Å². The zero-order valence-electron chi connectivity index (χ0n) is 17.0. The third-order valence-electron chi connectivity index (χ3n) is 4.81. The minimum Gasteiger partial charge on any atom is -0.357 e. The average molecular weight is 494 g/mol. The lowest BCUT2D eigenvalue weighted by Gasteiger charge is -2.35. The SMILES string of the molecule is CCNC(=NCCc1nc(CC)c(C)s1)NC1CCN(C(C)C)CC1.I. The molecule has 0 aromatic carbocycles. The fourth-order valence-electron chi connectivity index (χ4n) is 3.26. The molecule has 0 unspecified atom stereocenters. The first-order valence-corrected chi connectivity index (χ1v) is 10.6. The Kier molecular flexibility index (Phi) is 11.0. The van der Waals surface area contributed by atoms with Gasteiger partial charge < -0.3 is 15.5 Å². The van der Waals surface area contributed by atoms with Crippen molar-refractivity contribution in [1.29, 1.82) is 0 Å². The van der Waals surface area contributed by atoms with E-state index < -0.39 is 0 Å². The number of nitrogens with zero attached hydrogens (tertiary/aromatic N) is 3. The highest BCUT2D eigenvalue weighted by atomic mass is 127. The summed E-state index contributed by atoms with van der Waals surface area (Å²) in [5, 5.41) is 8.22. The van der Waals surface area contributed by atoms with Crippen LogP contribution < -0.4 is 10.6 Å². The van der Waals surface area contributed by atoms with Gasteiger partial charge in [0, 0.05) is 49.6 Å². The van der Waals surface area contributed by atoms with Gasteiger partial charge in [0.25, 0.3) is 0 Å². The zero-order valence-corrected chi connectivity index (χ0v) is 20.1. The minimum absolute atomic E-state index is 0. The lowest BCUT2D eigenvalue weighted by molar-refractivity contribution is 0.167. The second-order valence-corrected chi connectivity index (χ2v) is 8.31. The molecule has 2 rings (SSSR count). The number of piperidine rings is 1. The molecule has 1 aromatic rings. The number of aromatic nitrogens is 1. The van der Waals surface area contributed by atoms with Crippen molar-refractivity contribution in [3.8, 4) is 0 Å². The molecular formula is C19H36IN5S. The van der Waals surface area contributed by atoms with Gasteiger partial charge in [-0.1, -0.05) is 6.92 Å². The maximum Gasteiger partial charge on any atom is 0.191 e. The molecule has 0 spiro atoms. The predicted octanol–water partition coefficient (Wildman–Crippen LogP) is 3.60. The van der Waals surface area contributed by atoms with E-state index in [2.05, 4.69) is 50.2 Å². The lowest BCUT2D eigenvalue weighted by Crippen LogP contribution is -2.49. The summed E-state index contributed by atoms with van der Waals surface area (Å²) in [6.45, 7) is 15.0. The fourth-order valence-corrected chi connectivity index (χ4v) is 4.27. The summed E-state index contributed by atoms with van der Waals surface area (Å²) in [5.41, 5.74) is 1.24. The van der Waals surface area contributed by atoms with Crippen LogP contribution >= 0.6 is 35.3 Å². The van der Waals surface area contributed by atoms with Crippen molar-refractivity contribution in [2.45, 2.75) is 72.4 Å². The molecule has 0 aliphatic carbocycles. The van der Waals surface area contributed by atoms with E-state index in [1.54, 1.807) is 0 Å². The molecule has 0 atom stereocenters. The smallest absolute Gasteiger partial charge is 0.191 e. The van der Waals surface area contributed by atoms with Crippen molar-refractivity contribution < 1.29 is 0 Å². The Morgan fingerprint density at radius 3 is 2.54 bits per heavy atom. The molecule has 1 saturated heterocycles. The number of likely N-dealkylation sites (tertiary alicyclic amines) is 1. The lowest BCUT2D eigenvalue weighted by atomic mass is 10.0. The fraction of sp³-hybridized carbons (Fsp3) is 0.789. The second kappa shape index (κ2) is 12.1. The number of aryl methyl sites for hydroxylation is 2. The molecule has 0 radical (unpaired) electrons. The first-order chi connectivity index (χ1) is 12.0. The van der Waals surface area contributed by atoms with Gasteiger partial charge in [-0.2, -0.15) is 0 Å². The van der Waals surface area contributed by atoms with E-state index >= 15 is 0 Å². The number of halogens is 1. The van der Waals surface area contributed by atoms with Crippen LogP contribution in [0.3, 0.4) is 0 Å². The maximum absolute atomic E-state index is 4.77. The summed E-state index contributed by atoms with van der Waals surface area (Å²) in [6, 6.07) is 1.18. The zero-order chi connectivity index (χ0) is 18.2. The van der Waals surface area contributed by atoms with Crippen molar-refractivity contribution in [3.63, 3.8) is 0 Å². The largest absolute Gasteiger partial charge is 0.357 e. The van der Waals surface area contributed by atoms with Crippen LogP contribution in [-0.4, -0.2) is 54.1 Å². The number of thiazole rings is 1. The Bertz CT molecular complexity index is 550. The van der Waals surface area contributed by atoms with Gasteiger partial charge in [0.05, 0.1) is 10.7 Å². The van der Waals surface area contributed by atoms with Crippen molar-refractivity contribution in [3.05, 3.63) is 15.6 Å². The van der Waals surface area contributed by atoms with Crippen LogP contribution in [0.2, 0.25) is 0 Å². The number of hydrogen-bond donors (Lipinski definition) is 2. The summed E-state index contributed by atoms with van der Waals surface area (Å²) in [6.07, 6.45) is 4.32. The first-order valence-electron chi connectivity index (χ1n) is 9.77.